The van der Waals surface area contributed by atoms with Crippen molar-refractivity contribution in [1.82, 2.24) is 4.98 Å². The number of nitrogens with one attached hydrogen (secondary N) is 1. The molecule has 0 aliphatic heterocycles. The van der Waals surface area contributed by atoms with Gasteiger partial charge >= 0.3 is 0 Å². The summed E-state index contributed by atoms with van der Waals surface area (Å²) in [4.78, 5) is 3.48. The molecular weight excluding hydrogens is 278 g/mol. The maximum Gasteiger partial charge on any atom is 0.251 e. The average molecular weight is 294 g/mol. The van der Waals surface area contributed by atoms with Crippen molar-refractivity contribution in [1.29, 1.82) is 0 Å². The largest absolute Gasteiger partial charge is 0.497 e. The monoisotopic (exact) mass is 294 g/mol. The zero-order chi connectivity index (χ0) is 15.4. The zero-order valence-corrected chi connectivity index (χ0v) is 11.7. The van der Waals surface area contributed by atoms with E-state index < -0.39 is 17.9 Å². The molecule has 1 atom stereocenters. The number of aliphatic hydroxyl groups is 1. The highest BCUT2D eigenvalue weighted by atomic mass is 19.2. The Morgan fingerprint density at radius 2 is 1.95 bits per heavy atom. The highest BCUT2D eigenvalue weighted by Crippen LogP contribution is 2.22. The van der Waals surface area contributed by atoms with Gasteiger partial charge in [-0.15, -0.1) is 0 Å². The van der Waals surface area contributed by atoms with Gasteiger partial charge in [0.15, 0.2) is 5.82 Å². The smallest absolute Gasteiger partial charge is 0.251 e. The maximum atomic E-state index is 13.4. The van der Waals surface area contributed by atoms with Gasteiger partial charge in [0.05, 0.1) is 13.2 Å². The van der Waals surface area contributed by atoms with E-state index in [1.807, 2.05) is 12.1 Å². The minimum Gasteiger partial charge on any atom is -0.497 e. The predicted octanol–water partition coefficient (Wildman–Crippen LogP) is 3.03. The van der Waals surface area contributed by atoms with Crippen LogP contribution >= 0.6 is 0 Å². The molecule has 1 heterocycles. The van der Waals surface area contributed by atoms with Gasteiger partial charge in [0.25, 0.3) is 5.95 Å². The molecular formula is C15H16F2N2O2. The van der Waals surface area contributed by atoms with Crippen LogP contribution in [0.15, 0.2) is 30.3 Å². The Morgan fingerprint density at radius 3 is 2.52 bits per heavy atom. The molecule has 0 aliphatic carbocycles. The van der Waals surface area contributed by atoms with Crippen molar-refractivity contribution in [2.75, 3.05) is 12.4 Å². The molecule has 112 valence electrons. The van der Waals surface area contributed by atoms with Gasteiger partial charge in [-0.3, -0.25) is 0 Å². The third kappa shape index (κ3) is 3.66. The number of pyridine rings is 1. The van der Waals surface area contributed by atoms with Crippen LogP contribution in [0.5, 0.6) is 5.75 Å². The standard InChI is InChI=1S/C15H16F2N2O2/c1-9(20)12-7-13(19-15(17)14(12)16)18-8-10-3-5-11(21-2)6-4-10/h3-7,9,20H,8H2,1-2H3,(H,18,19). The normalized spacial score (nSPS) is 12.0. The Balaban J connectivity index is 2.12. The molecule has 0 spiro atoms. The van der Waals surface area contributed by atoms with Crippen LogP contribution in [0.25, 0.3) is 0 Å². The first-order valence-corrected chi connectivity index (χ1v) is 6.42. The zero-order valence-electron chi connectivity index (χ0n) is 11.7. The Morgan fingerprint density at radius 1 is 1.29 bits per heavy atom. The molecule has 21 heavy (non-hydrogen) atoms. The van der Waals surface area contributed by atoms with Crippen molar-refractivity contribution in [2.45, 2.75) is 19.6 Å². The van der Waals surface area contributed by atoms with E-state index in [4.69, 9.17) is 4.74 Å². The second kappa shape index (κ2) is 6.49. The molecule has 0 fully saturated rings. The number of halogens is 2. The molecule has 2 rings (SSSR count). The fraction of sp³-hybridized carbons (Fsp3) is 0.267. The molecule has 2 aromatic rings. The summed E-state index contributed by atoms with van der Waals surface area (Å²) in [7, 11) is 1.58. The van der Waals surface area contributed by atoms with Gasteiger partial charge in [0, 0.05) is 12.1 Å². The number of aromatic nitrogens is 1. The number of methoxy groups -OCH3 is 1. The van der Waals surface area contributed by atoms with E-state index in [2.05, 4.69) is 10.3 Å². The van der Waals surface area contributed by atoms with Gasteiger partial charge in [-0.2, -0.15) is 4.39 Å². The van der Waals surface area contributed by atoms with E-state index in [0.29, 0.717) is 6.54 Å². The third-order valence-corrected chi connectivity index (χ3v) is 3.03. The predicted molar refractivity (Wildman–Crippen MR) is 75.1 cm³/mol. The summed E-state index contributed by atoms with van der Waals surface area (Å²) in [5, 5.41) is 12.3. The minimum absolute atomic E-state index is 0.125. The summed E-state index contributed by atoms with van der Waals surface area (Å²) in [5.41, 5.74) is 0.806. The topological polar surface area (TPSA) is 54.4 Å². The van der Waals surface area contributed by atoms with E-state index in [9.17, 15) is 13.9 Å². The summed E-state index contributed by atoms with van der Waals surface area (Å²) in [6.07, 6.45) is -1.11. The molecule has 1 aromatic carbocycles. The van der Waals surface area contributed by atoms with Gasteiger partial charge in [-0.25, -0.2) is 9.37 Å². The first kappa shape index (κ1) is 15.2. The Bertz CT molecular complexity index is 616. The molecule has 0 bridgehead atoms. The second-order valence-corrected chi connectivity index (χ2v) is 4.58. The van der Waals surface area contributed by atoms with Crippen molar-refractivity contribution < 1.29 is 18.6 Å². The number of nitrogens with zero attached hydrogens (tertiary/aromatic N) is 1. The molecule has 0 amide bonds. The first-order chi connectivity index (χ1) is 10.0. The second-order valence-electron chi connectivity index (χ2n) is 4.58. The van der Waals surface area contributed by atoms with Crippen LogP contribution < -0.4 is 10.1 Å². The Kier molecular flexibility index (Phi) is 4.70. The van der Waals surface area contributed by atoms with Crippen LogP contribution in [-0.4, -0.2) is 17.2 Å². The maximum absolute atomic E-state index is 13.4. The van der Waals surface area contributed by atoms with Crippen LogP contribution in [0.4, 0.5) is 14.6 Å². The van der Waals surface area contributed by atoms with Crippen molar-refractivity contribution in [3.63, 3.8) is 0 Å². The first-order valence-electron chi connectivity index (χ1n) is 6.42. The Hall–Kier alpha value is -2.21. The van der Waals surface area contributed by atoms with Crippen molar-refractivity contribution in [3.8, 4) is 5.75 Å². The van der Waals surface area contributed by atoms with Crippen LogP contribution in [-0.2, 0) is 6.54 Å². The van der Waals surface area contributed by atoms with E-state index >= 15 is 0 Å². The molecule has 0 saturated heterocycles. The molecule has 0 radical (unpaired) electrons. The Labute approximate surface area is 121 Å². The van der Waals surface area contributed by atoms with Gasteiger partial charge in [0.2, 0.25) is 0 Å². The average Bonchev–Trinajstić information content (AvgIpc) is 2.48. The van der Waals surface area contributed by atoms with Gasteiger partial charge < -0.3 is 15.2 Å². The lowest BCUT2D eigenvalue weighted by atomic mass is 10.1. The fourth-order valence-corrected chi connectivity index (χ4v) is 1.85. The van der Waals surface area contributed by atoms with E-state index in [0.717, 1.165) is 11.3 Å². The summed E-state index contributed by atoms with van der Waals surface area (Å²) >= 11 is 0. The highest BCUT2D eigenvalue weighted by molar-refractivity contribution is 5.40. The van der Waals surface area contributed by atoms with Crippen LogP contribution in [0, 0.1) is 11.8 Å². The van der Waals surface area contributed by atoms with Crippen LogP contribution in [0.1, 0.15) is 24.2 Å². The number of benzene rings is 1. The quantitative estimate of drug-likeness (QED) is 0.832. The van der Waals surface area contributed by atoms with Crippen molar-refractivity contribution in [2.24, 2.45) is 0 Å². The molecule has 1 unspecified atom stereocenters. The lowest BCUT2D eigenvalue weighted by Gasteiger charge is -2.11. The number of anilines is 1. The van der Waals surface area contributed by atoms with Gasteiger partial charge in [0.1, 0.15) is 11.6 Å². The summed E-state index contributed by atoms with van der Waals surface area (Å²) < 4.78 is 31.9. The lowest BCUT2D eigenvalue weighted by Crippen LogP contribution is -2.07. The van der Waals surface area contributed by atoms with Crippen LogP contribution in [0.2, 0.25) is 0 Å². The summed E-state index contributed by atoms with van der Waals surface area (Å²) in [6.45, 7) is 1.76. The minimum atomic E-state index is -1.23. The number of hydrogen-bond acceptors (Lipinski definition) is 4. The summed E-state index contributed by atoms with van der Waals surface area (Å²) in [5.74, 6) is -1.45. The van der Waals surface area contributed by atoms with Crippen molar-refractivity contribution in [3.05, 3.63) is 53.2 Å². The van der Waals surface area contributed by atoms with Gasteiger partial charge in [-0.05, 0) is 30.7 Å². The fourth-order valence-electron chi connectivity index (χ4n) is 1.85. The highest BCUT2D eigenvalue weighted by Gasteiger charge is 2.15. The molecule has 0 aliphatic rings. The third-order valence-electron chi connectivity index (χ3n) is 3.03. The SMILES string of the molecule is COc1ccc(CNc2cc(C(C)O)c(F)c(F)n2)cc1. The number of rotatable bonds is 5. The lowest BCUT2D eigenvalue weighted by molar-refractivity contribution is 0.192. The van der Waals surface area contributed by atoms with Gasteiger partial charge in [-0.1, -0.05) is 12.1 Å². The molecule has 4 nitrogen and oxygen atoms in total. The molecule has 0 saturated carbocycles. The van der Waals surface area contributed by atoms with E-state index in [-0.39, 0.29) is 11.4 Å². The molecule has 6 heteroatoms. The van der Waals surface area contributed by atoms with Crippen LogP contribution in [0.3, 0.4) is 0 Å². The van der Waals surface area contributed by atoms with Crippen molar-refractivity contribution >= 4 is 5.82 Å². The number of aliphatic hydroxyl groups excluding tert-OH is 1. The molecule has 1 aromatic heterocycles. The molecule has 2 N–H and O–H groups in total. The van der Waals surface area contributed by atoms with E-state index in [1.165, 1.54) is 13.0 Å². The van der Waals surface area contributed by atoms with E-state index in [1.54, 1.807) is 19.2 Å². The number of ether oxygens (including phenoxy) is 1. The number of hydrogen-bond donors (Lipinski definition) is 2. The summed E-state index contributed by atoms with van der Waals surface area (Å²) in [6, 6.07) is 8.60.